The average Bonchev–Trinajstić information content (AvgIpc) is 2.37. The van der Waals surface area contributed by atoms with E-state index in [9.17, 15) is 4.79 Å². The van der Waals surface area contributed by atoms with Crippen molar-refractivity contribution in [2.75, 3.05) is 19.1 Å². The fourth-order valence-corrected chi connectivity index (χ4v) is 3.03. The van der Waals surface area contributed by atoms with E-state index in [4.69, 9.17) is 11.6 Å². The highest BCUT2D eigenvalue weighted by Crippen LogP contribution is 2.24. The summed E-state index contributed by atoms with van der Waals surface area (Å²) >= 11 is 11.0. The van der Waals surface area contributed by atoms with E-state index in [1.807, 2.05) is 11.9 Å². The number of nitrogens with zero attached hydrogens (tertiary/aromatic N) is 1. The van der Waals surface area contributed by atoms with Crippen LogP contribution >= 0.6 is 39.3 Å². The van der Waals surface area contributed by atoms with Crippen LogP contribution in [0.25, 0.3) is 0 Å². The van der Waals surface area contributed by atoms with Gasteiger partial charge >= 0.3 is 0 Å². The Morgan fingerprint density at radius 2 is 2.22 bits per heavy atom. The summed E-state index contributed by atoms with van der Waals surface area (Å²) in [5.74, 6) is 0.987. The molecule has 0 fully saturated rings. The highest BCUT2D eigenvalue weighted by atomic mass is 79.9. The first-order chi connectivity index (χ1) is 8.51. The van der Waals surface area contributed by atoms with Gasteiger partial charge in [0.15, 0.2) is 0 Å². The van der Waals surface area contributed by atoms with Gasteiger partial charge in [0.25, 0.3) is 5.91 Å². The molecule has 100 valence electrons. The zero-order chi connectivity index (χ0) is 13.7. The Morgan fingerprint density at radius 1 is 1.56 bits per heavy atom. The van der Waals surface area contributed by atoms with Crippen molar-refractivity contribution in [3.05, 3.63) is 33.3 Å². The molecule has 1 unspecified atom stereocenters. The van der Waals surface area contributed by atoms with E-state index < -0.39 is 0 Å². The predicted octanol–water partition coefficient (Wildman–Crippen LogP) is 4.32. The summed E-state index contributed by atoms with van der Waals surface area (Å²) in [7, 11) is 1.86. The Morgan fingerprint density at radius 3 is 2.72 bits per heavy atom. The lowest BCUT2D eigenvalue weighted by Gasteiger charge is -2.27. The molecule has 1 rings (SSSR count). The monoisotopic (exact) mass is 349 g/mol. The SMILES string of the molecule is CCC(CSC)N(C)C(=O)c1ccc(Cl)c(Br)c1. The number of benzene rings is 1. The van der Waals surface area contributed by atoms with Crippen LogP contribution in [-0.2, 0) is 0 Å². The van der Waals surface area contributed by atoms with Crippen molar-refractivity contribution >= 4 is 45.2 Å². The van der Waals surface area contributed by atoms with Gasteiger partial charge in [-0.1, -0.05) is 18.5 Å². The van der Waals surface area contributed by atoms with Crippen LogP contribution in [0.4, 0.5) is 0 Å². The largest absolute Gasteiger partial charge is 0.338 e. The summed E-state index contributed by atoms with van der Waals surface area (Å²) < 4.78 is 0.751. The zero-order valence-electron chi connectivity index (χ0n) is 10.7. The number of hydrogen-bond donors (Lipinski definition) is 0. The van der Waals surface area contributed by atoms with Gasteiger partial charge in [0.1, 0.15) is 0 Å². The molecule has 0 aliphatic heterocycles. The normalized spacial score (nSPS) is 12.3. The van der Waals surface area contributed by atoms with Crippen LogP contribution in [0.15, 0.2) is 22.7 Å². The fourth-order valence-electron chi connectivity index (χ4n) is 1.69. The second-order valence-corrected chi connectivity index (χ2v) is 6.23. The lowest BCUT2D eigenvalue weighted by molar-refractivity contribution is 0.0743. The number of hydrogen-bond acceptors (Lipinski definition) is 2. The average molecular weight is 351 g/mol. The van der Waals surface area contributed by atoms with Gasteiger partial charge in [-0.3, -0.25) is 4.79 Å². The molecule has 5 heteroatoms. The van der Waals surface area contributed by atoms with Crippen LogP contribution in [-0.4, -0.2) is 35.9 Å². The number of carbonyl (C=O) groups is 1. The Labute approximate surface area is 126 Å². The maximum atomic E-state index is 12.3. The molecule has 0 spiro atoms. The summed E-state index contributed by atoms with van der Waals surface area (Å²) in [5.41, 5.74) is 0.660. The van der Waals surface area contributed by atoms with E-state index in [-0.39, 0.29) is 11.9 Å². The quantitative estimate of drug-likeness (QED) is 0.788. The third-order valence-electron chi connectivity index (χ3n) is 2.86. The third kappa shape index (κ3) is 3.90. The van der Waals surface area contributed by atoms with Gasteiger partial charge in [-0.2, -0.15) is 11.8 Å². The number of rotatable bonds is 5. The van der Waals surface area contributed by atoms with Gasteiger partial charge in [0.05, 0.1) is 5.02 Å². The molecule has 2 nitrogen and oxygen atoms in total. The Hall–Kier alpha value is -0.190. The van der Waals surface area contributed by atoms with Gasteiger partial charge in [-0.15, -0.1) is 0 Å². The van der Waals surface area contributed by atoms with Crippen LogP contribution in [0.2, 0.25) is 5.02 Å². The summed E-state index contributed by atoms with van der Waals surface area (Å²) in [6.45, 7) is 2.10. The van der Waals surface area contributed by atoms with Crippen molar-refractivity contribution < 1.29 is 4.79 Å². The molecule has 0 aliphatic rings. The van der Waals surface area contributed by atoms with Crippen molar-refractivity contribution in [2.45, 2.75) is 19.4 Å². The number of thioether (sulfide) groups is 1. The van der Waals surface area contributed by atoms with E-state index in [1.54, 1.807) is 30.0 Å². The van der Waals surface area contributed by atoms with Crippen LogP contribution < -0.4 is 0 Å². The summed E-state index contributed by atoms with van der Waals surface area (Å²) in [6, 6.07) is 5.54. The van der Waals surface area contributed by atoms with Gasteiger partial charge in [-0.25, -0.2) is 0 Å². The topological polar surface area (TPSA) is 20.3 Å². The van der Waals surface area contributed by atoms with E-state index in [2.05, 4.69) is 29.1 Å². The van der Waals surface area contributed by atoms with E-state index in [0.717, 1.165) is 16.6 Å². The fraction of sp³-hybridized carbons (Fsp3) is 0.462. The molecule has 0 bridgehead atoms. The molecule has 0 heterocycles. The van der Waals surface area contributed by atoms with Crippen molar-refractivity contribution in [3.63, 3.8) is 0 Å². The van der Waals surface area contributed by atoms with Crippen LogP contribution in [0, 0.1) is 0 Å². The van der Waals surface area contributed by atoms with Crippen LogP contribution in [0.5, 0.6) is 0 Å². The maximum absolute atomic E-state index is 12.3. The minimum atomic E-state index is 0.0354. The molecule has 0 saturated carbocycles. The number of amides is 1. The summed E-state index contributed by atoms with van der Waals surface area (Å²) in [6.07, 6.45) is 3.01. The highest BCUT2D eigenvalue weighted by Gasteiger charge is 2.19. The standard InChI is InChI=1S/C13H17BrClNOS/c1-4-10(8-18-3)16(2)13(17)9-5-6-12(15)11(14)7-9/h5-7,10H,4,8H2,1-3H3. The molecule has 1 amide bonds. The molecular weight excluding hydrogens is 334 g/mol. The van der Waals surface area contributed by atoms with Crippen LogP contribution in [0.1, 0.15) is 23.7 Å². The lowest BCUT2D eigenvalue weighted by Crippen LogP contribution is -2.38. The number of carbonyl (C=O) groups excluding carboxylic acids is 1. The van der Waals surface area contributed by atoms with Gasteiger partial charge < -0.3 is 4.90 Å². The molecule has 1 aromatic rings. The van der Waals surface area contributed by atoms with Crippen molar-refractivity contribution in [3.8, 4) is 0 Å². The second-order valence-electron chi connectivity index (χ2n) is 4.06. The Kier molecular flexibility index (Phi) is 6.53. The van der Waals surface area contributed by atoms with E-state index >= 15 is 0 Å². The highest BCUT2D eigenvalue weighted by molar-refractivity contribution is 9.10. The molecular formula is C13H17BrClNOS. The van der Waals surface area contributed by atoms with Crippen molar-refractivity contribution in [1.82, 2.24) is 4.90 Å². The smallest absolute Gasteiger partial charge is 0.253 e. The minimum Gasteiger partial charge on any atom is -0.338 e. The molecule has 0 N–H and O–H groups in total. The summed E-state index contributed by atoms with van der Waals surface area (Å²) in [5, 5.41) is 0.616. The van der Waals surface area contributed by atoms with E-state index in [0.29, 0.717) is 10.6 Å². The molecule has 0 saturated heterocycles. The molecule has 1 aromatic carbocycles. The molecule has 1 atom stereocenters. The van der Waals surface area contributed by atoms with Crippen molar-refractivity contribution in [1.29, 1.82) is 0 Å². The summed E-state index contributed by atoms with van der Waals surface area (Å²) in [4.78, 5) is 14.1. The Bertz CT molecular complexity index is 427. The van der Waals surface area contributed by atoms with E-state index in [1.165, 1.54) is 0 Å². The Balaban J connectivity index is 2.88. The molecule has 0 aromatic heterocycles. The van der Waals surface area contributed by atoms with Crippen LogP contribution in [0.3, 0.4) is 0 Å². The molecule has 0 radical (unpaired) electrons. The van der Waals surface area contributed by atoms with Gasteiger partial charge in [-0.05, 0) is 46.8 Å². The lowest BCUT2D eigenvalue weighted by atomic mass is 10.1. The molecule has 18 heavy (non-hydrogen) atoms. The first-order valence-electron chi connectivity index (χ1n) is 5.72. The predicted molar refractivity (Wildman–Crippen MR) is 83.7 cm³/mol. The minimum absolute atomic E-state index is 0.0354. The first-order valence-corrected chi connectivity index (χ1v) is 8.28. The zero-order valence-corrected chi connectivity index (χ0v) is 13.9. The molecule has 0 aliphatic carbocycles. The second kappa shape index (κ2) is 7.41. The number of halogens is 2. The van der Waals surface area contributed by atoms with Gasteiger partial charge in [0.2, 0.25) is 0 Å². The third-order valence-corrected chi connectivity index (χ3v) is 4.80. The first kappa shape index (κ1) is 15.9. The van der Waals surface area contributed by atoms with Gasteiger partial charge in [0, 0.05) is 28.9 Å². The van der Waals surface area contributed by atoms with Crippen molar-refractivity contribution in [2.24, 2.45) is 0 Å². The maximum Gasteiger partial charge on any atom is 0.253 e.